The quantitative estimate of drug-likeness (QED) is 0.761. The number of carbonyl (C=O) groups is 1. The van der Waals surface area contributed by atoms with E-state index in [0.29, 0.717) is 24.0 Å². The van der Waals surface area contributed by atoms with Crippen LogP contribution < -0.4 is 11.1 Å². The number of amides is 1. The number of hydrogen-bond donors (Lipinski definition) is 2. The van der Waals surface area contributed by atoms with Gasteiger partial charge < -0.3 is 11.1 Å². The number of nitrogens with one attached hydrogen (secondary N) is 1. The number of nitrogens with two attached hydrogens (primary N) is 1. The number of alkyl halides is 1. The molecule has 5 nitrogen and oxygen atoms in total. The van der Waals surface area contributed by atoms with Gasteiger partial charge in [-0.05, 0) is 30.2 Å². The van der Waals surface area contributed by atoms with Gasteiger partial charge in [0.15, 0.2) is 0 Å². The van der Waals surface area contributed by atoms with Gasteiger partial charge in [0, 0.05) is 30.1 Å². The van der Waals surface area contributed by atoms with Crippen LogP contribution in [-0.2, 0) is 5.41 Å². The van der Waals surface area contributed by atoms with E-state index in [1.54, 1.807) is 16.8 Å². The van der Waals surface area contributed by atoms with Gasteiger partial charge in [-0.3, -0.25) is 4.79 Å². The summed E-state index contributed by atoms with van der Waals surface area (Å²) in [4.78, 5) is 11.6. The first-order valence-corrected chi connectivity index (χ1v) is 8.70. The summed E-state index contributed by atoms with van der Waals surface area (Å²) in [5, 5.41) is 8.54. The topological polar surface area (TPSA) is 72.9 Å². The molecule has 4 rings (SSSR count). The zero-order valence-electron chi connectivity index (χ0n) is 14.6. The maximum Gasteiger partial charge on any atom is 0.250 e. The van der Waals surface area contributed by atoms with Gasteiger partial charge in [0.25, 0.3) is 5.91 Å². The van der Waals surface area contributed by atoms with Gasteiger partial charge in [0.05, 0.1) is 11.3 Å². The zero-order chi connectivity index (χ0) is 18.3. The Bertz CT molecular complexity index is 966. The highest BCUT2D eigenvalue weighted by atomic mass is 19.1. The minimum atomic E-state index is -0.822. The van der Waals surface area contributed by atoms with Crippen molar-refractivity contribution < 1.29 is 9.18 Å². The number of hydrogen-bond acceptors (Lipinski definition) is 3. The molecule has 0 saturated carbocycles. The summed E-state index contributed by atoms with van der Waals surface area (Å²) in [5.74, 6) is -0.491. The van der Waals surface area contributed by atoms with Crippen LogP contribution >= 0.6 is 0 Å². The molecule has 1 fully saturated rings. The Balaban J connectivity index is 1.68. The minimum Gasteiger partial charge on any atom is -0.366 e. The molecule has 0 aliphatic carbocycles. The number of rotatable bonds is 3. The molecule has 26 heavy (non-hydrogen) atoms. The number of carbonyl (C=O) groups excluding carboxylic acids is 1. The van der Waals surface area contributed by atoms with E-state index in [9.17, 15) is 9.18 Å². The van der Waals surface area contributed by atoms with Crippen LogP contribution in [0.5, 0.6) is 0 Å². The molecule has 1 aromatic heterocycles. The molecule has 0 radical (unpaired) electrons. The summed E-state index contributed by atoms with van der Waals surface area (Å²) >= 11 is 0. The van der Waals surface area contributed by atoms with E-state index >= 15 is 0 Å². The summed E-state index contributed by atoms with van der Waals surface area (Å²) in [5.41, 5.74) is 8.20. The minimum absolute atomic E-state index is 0.218. The number of aromatic nitrogens is 2. The average Bonchev–Trinajstić information content (AvgIpc) is 3.05. The van der Waals surface area contributed by atoms with Crippen molar-refractivity contribution in [3.05, 3.63) is 59.8 Å². The zero-order valence-corrected chi connectivity index (χ0v) is 14.6. The van der Waals surface area contributed by atoms with Crippen molar-refractivity contribution >= 4 is 16.8 Å². The molecule has 1 aliphatic heterocycles. The van der Waals surface area contributed by atoms with Crippen LogP contribution in [0.25, 0.3) is 16.6 Å². The molecular weight excluding hydrogens is 331 g/mol. The number of piperidine rings is 1. The third kappa shape index (κ3) is 2.86. The largest absolute Gasteiger partial charge is 0.366 e. The van der Waals surface area contributed by atoms with E-state index < -0.39 is 12.1 Å². The number of benzene rings is 2. The van der Waals surface area contributed by atoms with Crippen LogP contribution in [-0.4, -0.2) is 34.9 Å². The third-order valence-electron chi connectivity index (χ3n) is 5.18. The Labute approximate surface area is 151 Å². The van der Waals surface area contributed by atoms with Crippen LogP contribution in [0.2, 0.25) is 0 Å². The molecule has 0 bridgehead atoms. The molecule has 0 spiro atoms. The van der Waals surface area contributed by atoms with Gasteiger partial charge >= 0.3 is 0 Å². The maximum atomic E-state index is 13.8. The third-order valence-corrected chi connectivity index (χ3v) is 5.18. The van der Waals surface area contributed by atoms with Gasteiger partial charge in [-0.1, -0.05) is 31.2 Å². The molecular formula is C20H21FN4O. The Morgan fingerprint density at radius 3 is 2.77 bits per heavy atom. The Hall–Kier alpha value is -2.73. The maximum absolute atomic E-state index is 13.8. The lowest BCUT2D eigenvalue weighted by Gasteiger charge is -2.36. The van der Waals surface area contributed by atoms with Crippen LogP contribution in [0.4, 0.5) is 4.39 Å². The lowest BCUT2D eigenvalue weighted by atomic mass is 9.76. The summed E-state index contributed by atoms with van der Waals surface area (Å²) in [6.45, 7) is 3.28. The van der Waals surface area contributed by atoms with Crippen molar-refractivity contribution in [1.29, 1.82) is 0 Å². The van der Waals surface area contributed by atoms with Gasteiger partial charge in [0.2, 0.25) is 0 Å². The van der Waals surface area contributed by atoms with Crippen molar-refractivity contribution in [3.8, 4) is 5.69 Å². The second kappa shape index (κ2) is 6.21. The molecule has 134 valence electrons. The number of halogens is 1. The highest BCUT2D eigenvalue weighted by Crippen LogP contribution is 2.32. The van der Waals surface area contributed by atoms with Crippen LogP contribution in [0.1, 0.15) is 29.3 Å². The van der Waals surface area contributed by atoms with E-state index in [-0.39, 0.29) is 5.41 Å². The first-order chi connectivity index (χ1) is 12.5. The average molecular weight is 352 g/mol. The lowest BCUT2D eigenvalue weighted by molar-refractivity contribution is 0.100. The fraction of sp³-hybridized carbons (Fsp3) is 0.300. The van der Waals surface area contributed by atoms with E-state index in [2.05, 4.69) is 17.3 Å². The van der Waals surface area contributed by atoms with Gasteiger partial charge in [-0.2, -0.15) is 5.10 Å². The summed E-state index contributed by atoms with van der Waals surface area (Å²) < 4.78 is 15.6. The van der Waals surface area contributed by atoms with E-state index in [1.165, 1.54) is 0 Å². The first kappa shape index (κ1) is 16.7. The highest BCUT2D eigenvalue weighted by Gasteiger charge is 2.33. The number of fused-ring (bicyclic) bond motifs is 1. The van der Waals surface area contributed by atoms with Crippen LogP contribution in [0, 0.1) is 0 Å². The van der Waals surface area contributed by atoms with Gasteiger partial charge in [-0.25, -0.2) is 9.07 Å². The fourth-order valence-corrected chi connectivity index (χ4v) is 3.75. The van der Waals surface area contributed by atoms with E-state index in [1.807, 2.05) is 36.5 Å². The molecule has 1 saturated heterocycles. The summed E-state index contributed by atoms with van der Waals surface area (Å²) in [6.07, 6.45) is 1.57. The number of nitrogens with zero attached hydrogens (tertiary/aromatic N) is 2. The second-order valence-electron chi connectivity index (χ2n) is 7.22. The Morgan fingerprint density at radius 1 is 1.31 bits per heavy atom. The smallest absolute Gasteiger partial charge is 0.250 e. The SMILES string of the molecule is C[C@@]1(c2ccc(-n3cc4cccc(C(N)=O)c4n3)cc2)CNC[C@H](F)C1. The van der Waals surface area contributed by atoms with Gasteiger partial charge in [0.1, 0.15) is 11.7 Å². The molecule has 3 aromatic rings. The van der Waals surface area contributed by atoms with Crippen LogP contribution in [0.15, 0.2) is 48.7 Å². The molecule has 6 heteroatoms. The molecule has 3 N–H and O–H groups in total. The van der Waals surface area contributed by atoms with Crippen LogP contribution in [0.3, 0.4) is 0 Å². The summed E-state index contributed by atoms with van der Waals surface area (Å²) in [7, 11) is 0. The van der Waals surface area contributed by atoms with Crippen molar-refractivity contribution in [2.75, 3.05) is 13.1 Å². The van der Waals surface area contributed by atoms with Crippen molar-refractivity contribution in [2.24, 2.45) is 5.73 Å². The monoisotopic (exact) mass is 352 g/mol. The molecule has 1 aliphatic rings. The normalized spacial score (nSPS) is 23.2. The molecule has 2 aromatic carbocycles. The van der Waals surface area contributed by atoms with E-state index in [0.717, 1.165) is 23.2 Å². The fourth-order valence-electron chi connectivity index (χ4n) is 3.75. The molecule has 2 heterocycles. The standard InChI is InChI=1S/C20H21FN4O/c1-20(9-15(21)10-23-12-20)14-5-7-16(8-6-14)25-11-13-3-2-4-17(19(22)26)18(13)24-25/h2-8,11,15,23H,9-10,12H2,1H3,(H2,22,26)/t15-,20+/m1/s1. The van der Waals surface area contributed by atoms with E-state index in [4.69, 9.17) is 5.73 Å². The Kier molecular flexibility index (Phi) is 4.00. The second-order valence-corrected chi connectivity index (χ2v) is 7.22. The van der Waals surface area contributed by atoms with Gasteiger partial charge in [-0.15, -0.1) is 0 Å². The van der Waals surface area contributed by atoms with Crippen molar-refractivity contribution in [3.63, 3.8) is 0 Å². The highest BCUT2D eigenvalue weighted by molar-refractivity contribution is 6.04. The summed E-state index contributed by atoms with van der Waals surface area (Å²) in [6, 6.07) is 13.4. The van der Waals surface area contributed by atoms with Crippen molar-refractivity contribution in [2.45, 2.75) is 24.9 Å². The predicted octanol–water partition coefficient (Wildman–Crippen LogP) is 2.71. The van der Waals surface area contributed by atoms with Crippen molar-refractivity contribution in [1.82, 2.24) is 15.1 Å². The predicted molar refractivity (Wildman–Crippen MR) is 99.3 cm³/mol. The first-order valence-electron chi connectivity index (χ1n) is 8.70. The Morgan fingerprint density at radius 2 is 2.08 bits per heavy atom. The molecule has 0 unspecified atom stereocenters. The lowest BCUT2D eigenvalue weighted by Crippen LogP contribution is -2.46. The molecule has 2 atom stereocenters. The molecule has 1 amide bonds. The number of primary amides is 1.